The highest BCUT2D eigenvalue weighted by atomic mass is 79.9. The predicted octanol–water partition coefficient (Wildman–Crippen LogP) is 5.36. The molecule has 0 radical (unpaired) electrons. The van der Waals surface area contributed by atoms with Gasteiger partial charge in [0.1, 0.15) is 5.75 Å². The van der Waals surface area contributed by atoms with Gasteiger partial charge in [0, 0.05) is 5.33 Å². The van der Waals surface area contributed by atoms with Crippen molar-refractivity contribution in [1.82, 2.24) is 0 Å². The quantitative estimate of drug-likeness (QED) is 0.554. The number of halogens is 1. The molecule has 1 nitrogen and oxygen atoms in total. The van der Waals surface area contributed by atoms with Crippen LogP contribution in [0.5, 0.6) is 5.75 Å². The highest BCUT2D eigenvalue weighted by Gasteiger charge is 2.13. The molecule has 0 aliphatic carbocycles. The second-order valence-electron chi connectivity index (χ2n) is 5.57. The third-order valence-corrected chi connectivity index (χ3v) is 3.92. The number of rotatable bonds is 6. The molecule has 0 unspecified atom stereocenters. The molecule has 0 bridgehead atoms. The van der Waals surface area contributed by atoms with Crippen LogP contribution in [-0.4, -0.2) is 10.4 Å². The van der Waals surface area contributed by atoms with E-state index in [4.69, 9.17) is 0 Å². The van der Waals surface area contributed by atoms with Gasteiger partial charge in [-0.25, -0.2) is 0 Å². The third kappa shape index (κ3) is 4.01. The first kappa shape index (κ1) is 15.6. The molecule has 0 atom stereocenters. The third-order valence-electron chi connectivity index (χ3n) is 3.36. The van der Waals surface area contributed by atoms with Crippen molar-refractivity contribution in [3.8, 4) is 5.75 Å². The van der Waals surface area contributed by atoms with Crippen molar-refractivity contribution in [3.05, 3.63) is 28.8 Å². The van der Waals surface area contributed by atoms with Crippen molar-refractivity contribution in [3.63, 3.8) is 0 Å². The van der Waals surface area contributed by atoms with E-state index < -0.39 is 0 Å². The summed E-state index contributed by atoms with van der Waals surface area (Å²) in [4.78, 5) is 0. The van der Waals surface area contributed by atoms with Gasteiger partial charge >= 0.3 is 0 Å². The number of alkyl halides is 1. The maximum absolute atomic E-state index is 10.1. The fraction of sp³-hybridized carbons (Fsp3) is 0.625. The Balaban J connectivity index is 3.06. The van der Waals surface area contributed by atoms with E-state index in [9.17, 15) is 5.11 Å². The molecule has 0 aliphatic rings. The van der Waals surface area contributed by atoms with Gasteiger partial charge in [0.05, 0.1) is 0 Å². The average Bonchev–Trinajstić information content (AvgIpc) is 2.30. The molecule has 102 valence electrons. The molecule has 1 rings (SSSR count). The minimum Gasteiger partial charge on any atom is -0.508 e. The maximum atomic E-state index is 10.1. The number of benzene rings is 1. The number of phenols is 1. The summed E-state index contributed by atoms with van der Waals surface area (Å²) in [6, 6.07) is 4.19. The molecule has 0 fully saturated rings. The van der Waals surface area contributed by atoms with E-state index in [0.29, 0.717) is 17.6 Å². The number of hydrogen-bond donors (Lipinski definition) is 1. The summed E-state index contributed by atoms with van der Waals surface area (Å²) < 4.78 is 0. The highest BCUT2D eigenvalue weighted by molar-refractivity contribution is 9.09. The lowest BCUT2D eigenvalue weighted by Gasteiger charge is -2.18. The summed E-state index contributed by atoms with van der Waals surface area (Å²) in [6.45, 7) is 8.65. The van der Waals surface area contributed by atoms with Crippen LogP contribution in [0.2, 0.25) is 0 Å². The Kier molecular flexibility index (Phi) is 6.20. The Bertz CT molecular complexity index is 383. The van der Waals surface area contributed by atoms with Gasteiger partial charge in [-0.1, -0.05) is 49.7 Å². The molecule has 1 aromatic rings. The molecule has 2 heteroatoms. The highest BCUT2D eigenvalue weighted by Crippen LogP contribution is 2.32. The molecule has 0 saturated heterocycles. The first-order chi connectivity index (χ1) is 8.47. The number of phenolic OH excluding ortho intramolecular Hbond substituents is 1. The van der Waals surface area contributed by atoms with E-state index in [1.54, 1.807) is 0 Å². The summed E-state index contributed by atoms with van der Waals surface area (Å²) in [7, 11) is 0. The summed E-state index contributed by atoms with van der Waals surface area (Å²) in [5, 5.41) is 11.2. The van der Waals surface area contributed by atoms with E-state index in [2.05, 4.69) is 49.7 Å². The van der Waals surface area contributed by atoms with Crippen LogP contribution in [0.3, 0.4) is 0 Å². The Labute approximate surface area is 120 Å². The lowest BCUT2D eigenvalue weighted by Crippen LogP contribution is -2.00. The van der Waals surface area contributed by atoms with Gasteiger partial charge in [-0.3, -0.25) is 0 Å². The number of aromatic hydroxyl groups is 1. The predicted molar refractivity (Wildman–Crippen MR) is 83.0 cm³/mol. The van der Waals surface area contributed by atoms with E-state index >= 15 is 0 Å². The van der Waals surface area contributed by atoms with Gasteiger partial charge in [-0.05, 0) is 53.9 Å². The Hall–Kier alpha value is -0.500. The van der Waals surface area contributed by atoms with Crippen molar-refractivity contribution < 1.29 is 5.11 Å². The van der Waals surface area contributed by atoms with E-state index in [1.165, 1.54) is 24.0 Å². The average molecular weight is 313 g/mol. The summed E-state index contributed by atoms with van der Waals surface area (Å²) in [5.41, 5.74) is 3.78. The summed E-state index contributed by atoms with van der Waals surface area (Å²) >= 11 is 3.48. The smallest absolute Gasteiger partial charge is 0.119 e. The van der Waals surface area contributed by atoms with Crippen LogP contribution >= 0.6 is 15.9 Å². The van der Waals surface area contributed by atoms with Crippen LogP contribution in [0.15, 0.2) is 12.1 Å². The maximum Gasteiger partial charge on any atom is 0.119 e. The largest absolute Gasteiger partial charge is 0.508 e. The SMILES string of the molecule is CC(C)c1cc(CCCCBr)c(C(C)C)cc1O. The first-order valence-electron chi connectivity index (χ1n) is 6.89. The molecule has 0 amide bonds. The molecule has 0 heterocycles. The van der Waals surface area contributed by atoms with Crippen molar-refractivity contribution in [2.75, 3.05) is 5.33 Å². The van der Waals surface area contributed by atoms with Gasteiger partial charge in [-0.2, -0.15) is 0 Å². The monoisotopic (exact) mass is 312 g/mol. The molecule has 0 spiro atoms. The molecular weight excluding hydrogens is 288 g/mol. The molecule has 0 aliphatic heterocycles. The lowest BCUT2D eigenvalue weighted by molar-refractivity contribution is 0.463. The van der Waals surface area contributed by atoms with Gasteiger partial charge in [0.15, 0.2) is 0 Å². The van der Waals surface area contributed by atoms with Gasteiger partial charge in [0.2, 0.25) is 0 Å². The molecule has 0 aromatic heterocycles. The second-order valence-corrected chi connectivity index (χ2v) is 6.36. The topological polar surface area (TPSA) is 20.2 Å². The lowest BCUT2D eigenvalue weighted by atomic mass is 9.89. The Morgan fingerprint density at radius 2 is 1.61 bits per heavy atom. The van der Waals surface area contributed by atoms with Crippen molar-refractivity contribution in [1.29, 1.82) is 0 Å². The first-order valence-corrected chi connectivity index (χ1v) is 8.01. The normalized spacial score (nSPS) is 11.5. The van der Waals surface area contributed by atoms with Crippen molar-refractivity contribution in [2.24, 2.45) is 0 Å². The van der Waals surface area contributed by atoms with Crippen LogP contribution in [0.1, 0.15) is 69.1 Å². The van der Waals surface area contributed by atoms with Crippen LogP contribution in [0, 0.1) is 0 Å². The molecular formula is C16H25BrO. The number of aryl methyl sites for hydroxylation is 1. The standard InChI is InChI=1S/C16H25BrO/c1-11(2)14-10-16(18)15(12(3)4)9-13(14)7-5-6-8-17/h9-12,18H,5-8H2,1-4H3. The van der Waals surface area contributed by atoms with Crippen LogP contribution in [0.4, 0.5) is 0 Å². The van der Waals surface area contributed by atoms with E-state index in [1.807, 2.05) is 6.07 Å². The minimum absolute atomic E-state index is 0.376. The minimum atomic E-state index is 0.376. The number of unbranched alkanes of at least 4 members (excludes halogenated alkanes) is 1. The zero-order valence-corrected chi connectivity index (χ0v) is 13.5. The molecule has 1 aromatic carbocycles. The fourth-order valence-corrected chi connectivity index (χ4v) is 2.69. The van der Waals surface area contributed by atoms with Crippen LogP contribution in [0.25, 0.3) is 0 Å². The van der Waals surface area contributed by atoms with Crippen molar-refractivity contribution >= 4 is 15.9 Å². The van der Waals surface area contributed by atoms with Gasteiger partial charge < -0.3 is 5.11 Å². The Morgan fingerprint density at radius 3 is 2.11 bits per heavy atom. The number of hydrogen-bond acceptors (Lipinski definition) is 1. The second kappa shape index (κ2) is 7.18. The zero-order valence-electron chi connectivity index (χ0n) is 12.0. The molecule has 0 saturated carbocycles. The van der Waals surface area contributed by atoms with Gasteiger partial charge in [0.25, 0.3) is 0 Å². The van der Waals surface area contributed by atoms with Gasteiger partial charge in [-0.15, -0.1) is 0 Å². The molecule has 18 heavy (non-hydrogen) atoms. The van der Waals surface area contributed by atoms with Crippen LogP contribution in [-0.2, 0) is 6.42 Å². The van der Waals surface area contributed by atoms with Crippen LogP contribution < -0.4 is 0 Å². The summed E-state index contributed by atoms with van der Waals surface area (Å²) in [5.74, 6) is 1.30. The van der Waals surface area contributed by atoms with Crippen molar-refractivity contribution in [2.45, 2.75) is 58.8 Å². The van der Waals surface area contributed by atoms with E-state index in [0.717, 1.165) is 17.3 Å². The Morgan fingerprint density at radius 1 is 1.00 bits per heavy atom. The van der Waals surface area contributed by atoms with E-state index in [-0.39, 0.29) is 0 Å². The fourth-order valence-electron chi connectivity index (χ4n) is 2.29. The zero-order chi connectivity index (χ0) is 13.7. The summed E-state index contributed by atoms with van der Waals surface area (Å²) in [6.07, 6.45) is 3.52. The molecule has 1 N–H and O–H groups in total.